The number of aryl methyl sites for hydroxylation is 1. The van der Waals surface area contributed by atoms with E-state index >= 15 is 0 Å². The number of hydrogen-bond donors (Lipinski definition) is 2. The number of nitriles is 1. The molecule has 33 heavy (non-hydrogen) atoms. The lowest BCUT2D eigenvalue weighted by Crippen LogP contribution is -2.25. The summed E-state index contributed by atoms with van der Waals surface area (Å²) >= 11 is 0. The van der Waals surface area contributed by atoms with Gasteiger partial charge in [0.05, 0.1) is 19.2 Å². The molecule has 6 heteroatoms. The van der Waals surface area contributed by atoms with Crippen molar-refractivity contribution in [3.63, 3.8) is 0 Å². The molecule has 3 aromatic carbocycles. The third-order valence-electron chi connectivity index (χ3n) is 6.76. The van der Waals surface area contributed by atoms with Crippen molar-refractivity contribution in [1.29, 1.82) is 5.26 Å². The zero-order chi connectivity index (χ0) is 23.2. The van der Waals surface area contributed by atoms with Gasteiger partial charge in [0.15, 0.2) is 0 Å². The first-order valence-corrected chi connectivity index (χ1v) is 11.1. The van der Waals surface area contributed by atoms with E-state index in [-0.39, 0.29) is 18.0 Å². The topological polar surface area (TPSA) is 77.4 Å². The first-order chi connectivity index (χ1) is 16.0. The fourth-order valence-electron chi connectivity index (χ4n) is 5.33. The van der Waals surface area contributed by atoms with Crippen LogP contribution < -0.4 is 20.3 Å². The highest BCUT2D eigenvalue weighted by Gasteiger charge is 2.73. The minimum absolute atomic E-state index is 0.0462. The van der Waals surface area contributed by atoms with Crippen LogP contribution >= 0.6 is 0 Å². The van der Waals surface area contributed by atoms with E-state index in [1.165, 1.54) is 0 Å². The van der Waals surface area contributed by atoms with Crippen molar-refractivity contribution in [1.82, 2.24) is 0 Å². The lowest BCUT2D eigenvalue weighted by atomic mass is 9.91. The first kappa shape index (κ1) is 20.9. The van der Waals surface area contributed by atoms with E-state index < -0.39 is 5.41 Å². The number of rotatable bonds is 5. The number of carbonyl (C=O) groups is 1. The molecule has 3 unspecified atom stereocenters. The van der Waals surface area contributed by atoms with Crippen molar-refractivity contribution >= 4 is 23.1 Å². The molecule has 1 aliphatic carbocycles. The van der Waals surface area contributed by atoms with E-state index in [9.17, 15) is 10.1 Å². The lowest BCUT2D eigenvalue weighted by Gasteiger charge is -2.23. The Kier molecular flexibility index (Phi) is 4.98. The van der Waals surface area contributed by atoms with Crippen molar-refractivity contribution in [2.45, 2.75) is 31.2 Å². The van der Waals surface area contributed by atoms with Gasteiger partial charge in [-0.3, -0.25) is 0 Å². The fourth-order valence-corrected chi connectivity index (χ4v) is 5.33. The van der Waals surface area contributed by atoms with Gasteiger partial charge < -0.3 is 20.3 Å². The van der Waals surface area contributed by atoms with Gasteiger partial charge in [-0.05, 0) is 60.9 Å². The van der Waals surface area contributed by atoms with Crippen molar-refractivity contribution in [2.75, 3.05) is 29.2 Å². The number of fused-ring (bicyclic) bond motifs is 3. The molecule has 0 aromatic heterocycles. The standard InChI is InChI=1S/C27H26N4O2/c1-4-31-23-15-21(33-3)11-12-22(23)27(16-28)24(25(27)31)18-8-6-10-20(14-18)30-26(32)29-19-9-5-7-17(2)13-19/h5-15,24-25H,4H2,1-3H3,(H2,29,30,32). The van der Waals surface area contributed by atoms with Crippen LogP contribution in [-0.2, 0) is 5.41 Å². The Morgan fingerprint density at radius 3 is 2.48 bits per heavy atom. The predicted octanol–water partition coefficient (Wildman–Crippen LogP) is 5.41. The van der Waals surface area contributed by atoms with Gasteiger partial charge in [-0.15, -0.1) is 0 Å². The number of likely N-dealkylation sites (N-methyl/N-ethyl adjacent to an activating group) is 1. The molecule has 0 saturated heterocycles. The van der Waals surface area contributed by atoms with E-state index in [4.69, 9.17) is 4.74 Å². The smallest absolute Gasteiger partial charge is 0.323 e. The van der Waals surface area contributed by atoms with Gasteiger partial charge in [-0.2, -0.15) is 5.26 Å². The molecular formula is C27H26N4O2. The van der Waals surface area contributed by atoms with E-state index in [0.29, 0.717) is 5.69 Å². The SMILES string of the molecule is CCN1c2cc(OC)ccc2C2(C#N)C(c3cccc(NC(=O)Nc4cccc(C)c4)c3)C12. The molecule has 3 atom stereocenters. The van der Waals surface area contributed by atoms with Gasteiger partial charge in [0.1, 0.15) is 11.2 Å². The molecule has 166 valence electrons. The monoisotopic (exact) mass is 438 g/mol. The zero-order valence-corrected chi connectivity index (χ0v) is 18.9. The summed E-state index contributed by atoms with van der Waals surface area (Å²) in [4.78, 5) is 14.8. The zero-order valence-electron chi connectivity index (χ0n) is 18.9. The number of carbonyl (C=O) groups excluding carboxylic acids is 1. The molecule has 1 fully saturated rings. The van der Waals surface area contributed by atoms with Crippen molar-refractivity contribution in [3.8, 4) is 11.8 Å². The number of methoxy groups -OCH3 is 1. The molecule has 1 heterocycles. The molecular weight excluding hydrogens is 412 g/mol. The summed E-state index contributed by atoms with van der Waals surface area (Å²) in [5.74, 6) is 0.842. The Labute approximate surface area is 193 Å². The maximum atomic E-state index is 12.5. The van der Waals surface area contributed by atoms with Crippen molar-refractivity contribution < 1.29 is 9.53 Å². The third kappa shape index (κ3) is 3.28. The van der Waals surface area contributed by atoms with E-state index in [0.717, 1.165) is 40.4 Å². The molecule has 2 amide bonds. The van der Waals surface area contributed by atoms with Crippen LogP contribution in [0.3, 0.4) is 0 Å². The molecule has 6 nitrogen and oxygen atoms in total. The second-order valence-electron chi connectivity index (χ2n) is 8.65. The Morgan fingerprint density at radius 2 is 1.82 bits per heavy atom. The van der Waals surface area contributed by atoms with Gasteiger partial charge in [-0.1, -0.05) is 30.3 Å². The van der Waals surface area contributed by atoms with Crippen molar-refractivity contribution in [3.05, 3.63) is 83.4 Å². The van der Waals surface area contributed by atoms with Crippen LogP contribution in [0, 0.1) is 18.3 Å². The number of hydrogen-bond acceptors (Lipinski definition) is 4. The molecule has 5 rings (SSSR count). The molecule has 1 saturated carbocycles. The van der Waals surface area contributed by atoms with Gasteiger partial charge in [0, 0.05) is 35.6 Å². The van der Waals surface area contributed by atoms with Crippen LogP contribution in [0.25, 0.3) is 0 Å². The summed E-state index contributed by atoms with van der Waals surface area (Å²) in [5.41, 5.74) is 5.12. The van der Waals surface area contributed by atoms with Crippen LogP contribution in [-0.4, -0.2) is 25.7 Å². The fraction of sp³-hybridized carbons (Fsp3) is 0.259. The first-order valence-electron chi connectivity index (χ1n) is 11.1. The lowest BCUT2D eigenvalue weighted by molar-refractivity contribution is 0.262. The van der Waals surface area contributed by atoms with Crippen LogP contribution in [0.15, 0.2) is 66.7 Å². The molecule has 3 aromatic rings. The summed E-state index contributed by atoms with van der Waals surface area (Å²) in [7, 11) is 1.66. The average Bonchev–Trinajstić information content (AvgIpc) is 3.40. The summed E-state index contributed by atoms with van der Waals surface area (Å²) in [6.45, 7) is 4.90. The number of urea groups is 1. The third-order valence-corrected chi connectivity index (χ3v) is 6.76. The van der Waals surface area contributed by atoms with Crippen molar-refractivity contribution in [2.24, 2.45) is 0 Å². The van der Waals surface area contributed by atoms with Gasteiger partial charge in [-0.25, -0.2) is 4.79 Å². The number of benzene rings is 3. The maximum absolute atomic E-state index is 12.5. The number of nitrogens with one attached hydrogen (secondary N) is 2. The van der Waals surface area contributed by atoms with Crippen LogP contribution in [0.5, 0.6) is 5.75 Å². The normalized spacial score (nSPS) is 22.1. The van der Waals surface area contributed by atoms with E-state index in [1.54, 1.807) is 7.11 Å². The molecule has 2 aliphatic rings. The second kappa shape index (κ2) is 7.86. The number of anilines is 3. The highest BCUT2D eigenvalue weighted by atomic mass is 16.5. The van der Waals surface area contributed by atoms with Gasteiger partial charge in [0.2, 0.25) is 0 Å². The summed E-state index contributed by atoms with van der Waals surface area (Å²) in [6.07, 6.45) is 0. The number of amides is 2. The Morgan fingerprint density at radius 1 is 1.09 bits per heavy atom. The predicted molar refractivity (Wildman–Crippen MR) is 130 cm³/mol. The average molecular weight is 439 g/mol. The Balaban J connectivity index is 1.40. The molecule has 0 radical (unpaired) electrons. The van der Waals surface area contributed by atoms with E-state index in [2.05, 4.69) is 28.5 Å². The Bertz CT molecular complexity index is 1280. The highest BCUT2D eigenvalue weighted by Crippen LogP contribution is 2.69. The van der Waals surface area contributed by atoms with Crippen LogP contribution in [0.2, 0.25) is 0 Å². The van der Waals surface area contributed by atoms with Crippen LogP contribution in [0.4, 0.5) is 21.9 Å². The molecule has 0 spiro atoms. The molecule has 1 aliphatic heterocycles. The van der Waals surface area contributed by atoms with E-state index in [1.807, 2.05) is 73.7 Å². The highest BCUT2D eigenvalue weighted by molar-refractivity contribution is 5.99. The minimum Gasteiger partial charge on any atom is -0.497 e. The number of ether oxygens (including phenoxy) is 1. The second-order valence-corrected chi connectivity index (χ2v) is 8.65. The maximum Gasteiger partial charge on any atom is 0.323 e. The summed E-state index contributed by atoms with van der Waals surface area (Å²) in [5, 5.41) is 16.1. The molecule has 0 bridgehead atoms. The minimum atomic E-state index is -0.583. The quantitative estimate of drug-likeness (QED) is 0.558. The summed E-state index contributed by atoms with van der Waals surface area (Å²) < 4.78 is 5.41. The number of nitrogens with zero attached hydrogens (tertiary/aromatic N) is 2. The largest absolute Gasteiger partial charge is 0.497 e. The Hall–Kier alpha value is -3.98. The van der Waals surface area contributed by atoms with Gasteiger partial charge >= 0.3 is 6.03 Å². The van der Waals surface area contributed by atoms with Gasteiger partial charge in [0.25, 0.3) is 0 Å². The summed E-state index contributed by atoms with van der Waals surface area (Å²) in [6, 6.07) is 23.9. The molecule has 2 N–H and O–H groups in total. The van der Waals surface area contributed by atoms with Crippen LogP contribution in [0.1, 0.15) is 29.5 Å².